The number of hydrogen-bond acceptors (Lipinski definition) is 4. The van der Waals surface area contributed by atoms with Crippen molar-refractivity contribution in [3.63, 3.8) is 0 Å². The number of hydrogen-bond donors (Lipinski definition) is 1. The Morgan fingerprint density at radius 1 is 1.33 bits per heavy atom. The number of fused-ring (bicyclic) bond motifs is 1. The fraction of sp³-hybridized carbons (Fsp3) is 0.364. The van der Waals surface area contributed by atoms with Crippen molar-refractivity contribution in [1.29, 1.82) is 0 Å². The zero-order valence-corrected chi connectivity index (χ0v) is 10.2. The molecule has 1 aliphatic heterocycles. The summed E-state index contributed by atoms with van der Waals surface area (Å²) < 4.78 is 10.3. The summed E-state index contributed by atoms with van der Waals surface area (Å²) in [6, 6.07) is 4.64. The van der Waals surface area contributed by atoms with Gasteiger partial charge in [-0.05, 0) is 32.2 Å². The number of Topliss-reactive ketones (excluding diaryl/α,β-unsaturated/α-hetero) is 1. The lowest BCUT2D eigenvalue weighted by atomic mass is 9.74. The highest BCUT2D eigenvalue weighted by Gasteiger charge is 2.32. The molecule has 1 atom stereocenters. The van der Waals surface area contributed by atoms with E-state index in [1.807, 2.05) is 0 Å². The van der Waals surface area contributed by atoms with Gasteiger partial charge in [-0.15, -0.1) is 0 Å². The van der Waals surface area contributed by atoms with E-state index in [1.54, 1.807) is 26.1 Å². The van der Waals surface area contributed by atoms with Gasteiger partial charge in [0.2, 0.25) is 0 Å². The molecule has 0 saturated carbocycles. The molecule has 4 nitrogen and oxygen atoms in total. The van der Waals surface area contributed by atoms with Gasteiger partial charge >= 0.3 is 0 Å². The van der Waals surface area contributed by atoms with Gasteiger partial charge in [-0.1, -0.05) is 0 Å². The maximum Gasteiger partial charge on any atom is 0.175 e. The first-order valence-electron chi connectivity index (χ1n) is 5.37. The third kappa shape index (κ3) is 2.27. The van der Waals surface area contributed by atoms with Crippen molar-refractivity contribution in [3.05, 3.63) is 23.8 Å². The van der Waals surface area contributed by atoms with Gasteiger partial charge in [0, 0.05) is 11.0 Å². The fourth-order valence-corrected chi connectivity index (χ4v) is 1.59. The van der Waals surface area contributed by atoms with Crippen molar-refractivity contribution in [2.24, 2.45) is 0 Å². The summed E-state index contributed by atoms with van der Waals surface area (Å²) in [5.41, 5.74) is -2.47. The molecule has 0 aromatic heterocycles. The molecule has 0 fully saturated rings. The van der Waals surface area contributed by atoms with Crippen molar-refractivity contribution in [2.45, 2.75) is 17.9 Å². The van der Waals surface area contributed by atoms with E-state index in [-0.39, 0.29) is 5.78 Å². The molecule has 0 saturated heterocycles. The highest BCUT2D eigenvalue weighted by molar-refractivity contribution is 6.38. The first kappa shape index (κ1) is 13.1. The minimum Gasteiger partial charge on any atom is -0.468 e. The summed E-state index contributed by atoms with van der Waals surface area (Å²) in [6.07, 6.45) is 0. The number of carbonyl (C=O) groups is 1. The zero-order valence-electron chi connectivity index (χ0n) is 10.2. The normalized spacial score (nSPS) is 19.2. The lowest BCUT2D eigenvalue weighted by Gasteiger charge is -2.23. The molecule has 7 heteroatoms. The minimum absolute atomic E-state index is 0.275. The third-order valence-electron chi connectivity index (χ3n) is 2.74. The van der Waals surface area contributed by atoms with Crippen LogP contribution >= 0.6 is 0 Å². The van der Waals surface area contributed by atoms with Crippen LogP contribution in [-0.2, 0) is 0 Å². The van der Waals surface area contributed by atoms with Crippen LogP contribution in [0.3, 0.4) is 0 Å². The Labute approximate surface area is 110 Å². The lowest BCUT2D eigenvalue weighted by Crippen LogP contribution is -2.48. The van der Waals surface area contributed by atoms with Gasteiger partial charge in [0.1, 0.15) is 7.85 Å². The van der Waals surface area contributed by atoms with Crippen LogP contribution < -0.4 is 14.8 Å². The Balaban J connectivity index is 2.32. The molecule has 18 heavy (non-hydrogen) atoms. The van der Waals surface area contributed by atoms with E-state index in [2.05, 4.69) is 5.32 Å². The molecule has 0 bridgehead atoms. The standard InChI is InChI=1S/C11H10B3NO3/c1-10(12,15-2)9(16)6-3-4-7-8(5-6)18-11(13,14)17-7/h3-5,15H,1-2H3. The van der Waals surface area contributed by atoms with Gasteiger partial charge in [-0.2, -0.15) is 0 Å². The van der Waals surface area contributed by atoms with Crippen LogP contribution in [0.15, 0.2) is 18.2 Å². The Morgan fingerprint density at radius 3 is 2.56 bits per heavy atom. The largest absolute Gasteiger partial charge is 0.468 e. The van der Waals surface area contributed by atoms with Crippen LogP contribution in [0.1, 0.15) is 17.3 Å². The smallest absolute Gasteiger partial charge is 0.175 e. The molecule has 1 aromatic carbocycles. The van der Waals surface area contributed by atoms with Crippen LogP contribution in [0.25, 0.3) is 0 Å². The number of nitrogens with one attached hydrogen (secondary N) is 1. The van der Waals surface area contributed by atoms with Crippen LogP contribution in [0.4, 0.5) is 0 Å². The summed E-state index contributed by atoms with van der Waals surface area (Å²) in [5.74, 6) is 0.431. The molecular formula is C11H10B3NO3. The second-order valence-corrected chi connectivity index (χ2v) is 4.37. The quantitative estimate of drug-likeness (QED) is 0.578. The predicted molar refractivity (Wildman–Crippen MR) is 69.5 cm³/mol. The minimum atomic E-state index is -1.70. The van der Waals surface area contributed by atoms with E-state index in [0.29, 0.717) is 17.1 Å². The van der Waals surface area contributed by atoms with E-state index in [9.17, 15) is 4.79 Å². The van der Waals surface area contributed by atoms with Gasteiger partial charge in [0.15, 0.2) is 38.6 Å². The molecule has 86 valence electrons. The van der Waals surface area contributed by atoms with E-state index in [4.69, 9.17) is 33.0 Å². The van der Waals surface area contributed by atoms with Crippen molar-refractivity contribution < 1.29 is 14.3 Å². The maximum atomic E-state index is 12.1. The number of carbonyl (C=O) groups excluding carboxylic acids is 1. The Kier molecular flexibility index (Phi) is 2.97. The number of ether oxygens (including phenoxy) is 2. The third-order valence-corrected chi connectivity index (χ3v) is 2.74. The summed E-state index contributed by atoms with van der Waals surface area (Å²) in [6.45, 7) is 1.58. The fourth-order valence-electron chi connectivity index (χ4n) is 1.59. The van der Waals surface area contributed by atoms with Gasteiger partial charge in [-0.3, -0.25) is 4.79 Å². The van der Waals surface area contributed by atoms with Crippen molar-refractivity contribution >= 4 is 29.3 Å². The molecule has 1 aliphatic rings. The summed E-state index contributed by atoms with van der Waals surface area (Å²) in [4.78, 5) is 12.1. The van der Waals surface area contributed by atoms with E-state index >= 15 is 0 Å². The molecule has 0 spiro atoms. The molecule has 0 amide bonds. The Morgan fingerprint density at radius 2 is 1.94 bits per heavy atom. The van der Waals surface area contributed by atoms with Crippen LogP contribution in [0.2, 0.25) is 0 Å². The number of likely N-dealkylation sites (N-methyl/N-ethyl adjacent to an activating group) is 1. The predicted octanol–water partition coefficient (Wildman–Crippen LogP) is -0.307. The van der Waals surface area contributed by atoms with Crippen LogP contribution in [0.5, 0.6) is 11.5 Å². The molecule has 1 aromatic rings. The van der Waals surface area contributed by atoms with E-state index in [1.165, 1.54) is 6.07 Å². The molecule has 2 rings (SSSR count). The lowest BCUT2D eigenvalue weighted by molar-refractivity contribution is 0.0830. The average molecular weight is 237 g/mol. The topological polar surface area (TPSA) is 47.6 Å². The molecule has 6 radical (unpaired) electrons. The van der Waals surface area contributed by atoms with Crippen molar-refractivity contribution in [1.82, 2.24) is 5.32 Å². The Bertz CT molecular complexity index is 502. The van der Waals surface area contributed by atoms with Crippen LogP contribution in [-0.4, -0.2) is 47.4 Å². The molecule has 0 aliphatic carbocycles. The van der Waals surface area contributed by atoms with Crippen LogP contribution in [0, 0.1) is 0 Å². The molecular weight excluding hydrogens is 227 g/mol. The van der Waals surface area contributed by atoms with Gasteiger partial charge < -0.3 is 14.8 Å². The monoisotopic (exact) mass is 237 g/mol. The molecule has 1 N–H and O–H groups in total. The van der Waals surface area contributed by atoms with E-state index < -0.39 is 11.0 Å². The van der Waals surface area contributed by atoms with Gasteiger partial charge in [0.05, 0.1) is 0 Å². The van der Waals surface area contributed by atoms with Gasteiger partial charge in [-0.25, -0.2) is 0 Å². The second-order valence-electron chi connectivity index (χ2n) is 4.37. The maximum absolute atomic E-state index is 12.1. The number of benzene rings is 1. The number of rotatable bonds is 3. The molecule has 1 heterocycles. The highest BCUT2D eigenvalue weighted by Crippen LogP contribution is 2.38. The summed E-state index contributed by atoms with van der Waals surface area (Å²) in [5, 5.41) is 2.73. The first-order valence-corrected chi connectivity index (χ1v) is 5.37. The highest BCUT2D eigenvalue weighted by atomic mass is 16.7. The van der Waals surface area contributed by atoms with Crippen molar-refractivity contribution in [3.8, 4) is 11.5 Å². The summed E-state index contributed by atoms with van der Waals surface area (Å²) in [7, 11) is 18.4. The average Bonchev–Trinajstić information content (AvgIpc) is 2.60. The number of ketones is 1. The second kappa shape index (κ2) is 4.09. The van der Waals surface area contributed by atoms with E-state index in [0.717, 1.165) is 0 Å². The van der Waals surface area contributed by atoms with Crippen molar-refractivity contribution in [2.75, 3.05) is 7.05 Å². The first-order chi connectivity index (χ1) is 8.25. The SMILES string of the molecule is [B]C1([B])Oc2ccc(C(=O)C([B])(C)NC)cc2O1. The van der Waals surface area contributed by atoms with Gasteiger partial charge in [0.25, 0.3) is 0 Å². The summed E-state index contributed by atoms with van der Waals surface area (Å²) >= 11 is 0. The molecule has 1 unspecified atom stereocenters. The Hall–Kier alpha value is -1.36. The zero-order chi connectivity index (χ0) is 13.6.